The summed E-state index contributed by atoms with van der Waals surface area (Å²) >= 11 is 10.8. The molecule has 3 nitrogen and oxygen atoms in total. The lowest BCUT2D eigenvalue weighted by Gasteiger charge is -2.35. The van der Waals surface area contributed by atoms with Crippen LogP contribution in [0.5, 0.6) is 5.75 Å². The van der Waals surface area contributed by atoms with Gasteiger partial charge >= 0.3 is 6.36 Å². The van der Waals surface area contributed by atoms with Crippen LogP contribution in [-0.2, 0) is 0 Å². The second-order valence-electron chi connectivity index (χ2n) is 5.60. The van der Waals surface area contributed by atoms with E-state index in [1.54, 1.807) is 0 Å². The molecule has 0 unspecified atom stereocenters. The Kier molecular flexibility index (Phi) is 5.95. The molecule has 0 bridgehead atoms. The number of piperazine rings is 1. The Balaban J connectivity index is 2.00. The van der Waals surface area contributed by atoms with Gasteiger partial charge in [-0.05, 0) is 35.9 Å². The Bertz CT molecular complexity index is 734. The molecular weight excluding hydrogens is 441 g/mol. The summed E-state index contributed by atoms with van der Waals surface area (Å²) in [5, 5.41) is 3.28. The summed E-state index contributed by atoms with van der Waals surface area (Å²) in [6.45, 7) is 3.25. The van der Waals surface area contributed by atoms with Crippen molar-refractivity contribution in [3.05, 3.63) is 49.6 Å². The van der Waals surface area contributed by atoms with Crippen LogP contribution >= 0.6 is 38.9 Å². The predicted octanol–water partition coefficient (Wildman–Crippen LogP) is 5.06. The summed E-state index contributed by atoms with van der Waals surface area (Å²) in [6, 6.07) is 8.13. The van der Waals surface area contributed by atoms with E-state index in [0.717, 1.165) is 36.6 Å². The lowest BCUT2D eigenvalue weighted by molar-refractivity contribution is -0.274. The van der Waals surface area contributed by atoms with Crippen LogP contribution in [0, 0.1) is 0 Å². The standard InChI is InChI=1S/C16H15BrClF3N2OS/c17-11-7-10(8-12(9-11)24-16(19,20)21)15(13-1-2-14(18)25-13)23-5-3-22-4-6-23/h1-2,7-9,15,22H,3-6H2/t15-/m1/s1. The fourth-order valence-electron chi connectivity index (χ4n) is 2.91. The van der Waals surface area contributed by atoms with Gasteiger partial charge in [0.2, 0.25) is 0 Å². The fourth-order valence-corrected chi connectivity index (χ4v) is 4.62. The third kappa shape index (κ3) is 5.10. The van der Waals surface area contributed by atoms with Crippen molar-refractivity contribution in [2.45, 2.75) is 12.4 Å². The molecule has 1 aliphatic heterocycles. The number of nitrogens with one attached hydrogen (secondary N) is 1. The van der Waals surface area contributed by atoms with Crippen molar-refractivity contribution in [1.82, 2.24) is 10.2 Å². The molecule has 0 saturated carbocycles. The van der Waals surface area contributed by atoms with Gasteiger partial charge < -0.3 is 10.1 Å². The SMILES string of the molecule is FC(F)(F)Oc1cc(Br)cc([C@H](c2ccc(Cl)s2)N2CCNCC2)c1. The summed E-state index contributed by atoms with van der Waals surface area (Å²) in [5.41, 5.74) is 0.731. The lowest BCUT2D eigenvalue weighted by atomic mass is 10.0. The molecule has 3 rings (SSSR count). The largest absolute Gasteiger partial charge is 0.573 e. The highest BCUT2D eigenvalue weighted by atomic mass is 79.9. The number of benzene rings is 1. The number of hydrogen-bond donors (Lipinski definition) is 1. The maximum atomic E-state index is 12.6. The molecule has 25 heavy (non-hydrogen) atoms. The molecule has 9 heteroatoms. The first-order valence-electron chi connectivity index (χ1n) is 7.58. The quantitative estimate of drug-likeness (QED) is 0.698. The minimum atomic E-state index is -4.73. The zero-order chi connectivity index (χ0) is 18.0. The molecule has 1 aliphatic rings. The Labute approximate surface area is 160 Å². The molecule has 136 valence electrons. The normalized spacial score (nSPS) is 17.5. The number of nitrogens with zero attached hydrogens (tertiary/aromatic N) is 1. The van der Waals surface area contributed by atoms with Crippen LogP contribution in [0.3, 0.4) is 0 Å². The van der Waals surface area contributed by atoms with Crippen LogP contribution in [0.4, 0.5) is 13.2 Å². The zero-order valence-corrected chi connectivity index (χ0v) is 16.1. The monoisotopic (exact) mass is 454 g/mol. The summed E-state index contributed by atoms with van der Waals surface area (Å²) < 4.78 is 43.1. The molecule has 2 aromatic rings. The van der Waals surface area contributed by atoms with Crippen LogP contribution in [0.2, 0.25) is 4.34 Å². The van der Waals surface area contributed by atoms with E-state index in [9.17, 15) is 13.2 Å². The number of halogens is 5. The van der Waals surface area contributed by atoms with Crippen LogP contribution in [0.1, 0.15) is 16.5 Å². The summed E-state index contributed by atoms with van der Waals surface area (Å²) in [7, 11) is 0. The highest BCUT2D eigenvalue weighted by molar-refractivity contribution is 9.10. The molecule has 2 heterocycles. The fraction of sp³-hybridized carbons (Fsp3) is 0.375. The van der Waals surface area contributed by atoms with Gasteiger partial charge in [-0.25, -0.2) is 0 Å². The highest BCUT2D eigenvalue weighted by Crippen LogP contribution is 2.38. The number of hydrogen-bond acceptors (Lipinski definition) is 4. The van der Waals surface area contributed by atoms with Crippen molar-refractivity contribution in [3.63, 3.8) is 0 Å². The number of thiophene rings is 1. The first-order chi connectivity index (χ1) is 11.8. The van der Waals surface area contributed by atoms with Crippen LogP contribution in [0.15, 0.2) is 34.8 Å². The summed E-state index contributed by atoms with van der Waals surface area (Å²) in [5.74, 6) is -0.236. The maximum Gasteiger partial charge on any atom is 0.573 e. The maximum absolute atomic E-state index is 12.6. The third-order valence-corrected chi connectivity index (χ3v) is 5.56. The topological polar surface area (TPSA) is 24.5 Å². The van der Waals surface area contributed by atoms with Crippen molar-refractivity contribution in [1.29, 1.82) is 0 Å². The molecule has 1 aromatic heterocycles. The van der Waals surface area contributed by atoms with Crippen molar-refractivity contribution in [3.8, 4) is 5.75 Å². The van der Waals surface area contributed by atoms with E-state index in [2.05, 4.69) is 30.9 Å². The van der Waals surface area contributed by atoms with E-state index in [0.29, 0.717) is 8.81 Å². The lowest BCUT2D eigenvalue weighted by Crippen LogP contribution is -2.45. The summed E-state index contributed by atoms with van der Waals surface area (Å²) in [4.78, 5) is 3.22. The van der Waals surface area contributed by atoms with Gasteiger partial charge in [0, 0.05) is 35.5 Å². The van der Waals surface area contributed by atoms with Gasteiger partial charge in [0.15, 0.2) is 0 Å². The van der Waals surface area contributed by atoms with E-state index >= 15 is 0 Å². The van der Waals surface area contributed by atoms with E-state index in [1.165, 1.54) is 23.5 Å². The number of ether oxygens (including phenoxy) is 1. The van der Waals surface area contributed by atoms with Crippen LogP contribution in [0.25, 0.3) is 0 Å². The molecule has 1 saturated heterocycles. The van der Waals surface area contributed by atoms with Crippen LogP contribution in [-0.4, -0.2) is 37.4 Å². The highest BCUT2D eigenvalue weighted by Gasteiger charge is 2.32. The summed E-state index contributed by atoms with van der Waals surface area (Å²) in [6.07, 6.45) is -4.73. The molecule has 1 fully saturated rings. The van der Waals surface area contributed by atoms with Gasteiger partial charge in [0.25, 0.3) is 0 Å². The predicted molar refractivity (Wildman–Crippen MR) is 96.4 cm³/mol. The molecule has 0 amide bonds. The van der Waals surface area contributed by atoms with Crippen molar-refractivity contribution < 1.29 is 17.9 Å². The molecule has 1 N–H and O–H groups in total. The van der Waals surface area contributed by atoms with Crippen molar-refractivity contribution >= 4 is 38.9 Å². The van der Waals surface area contributed by atoms with Crippen LogP contribution < -0.4 is 10.1 Å². The molecule has 0 spiro atoms. The Morgan fingerprint density at radius 3 is 2.52 bits per heavy atom. The number of rotatable bonds is 4. The zero-order valence-electron chi connectivity index (χ0n) is 12.9. The average molecular weight is 456 g/mol. The van der Waals surface area contributed by atoms with E-state index in [-0.39, 0.29) is 11.8 Å². The van der Waals surface area contributed by atoms with Gasteiger partial charge in [-0.3, -0.25) is 4.90 Å². The van der Waals surface area contributed by atoms with Gasteiger partial charge in [-0.15, -0.1) is 24.5 Å². The molecular formula is C16H15BrClF3N2OS. The molecule has 0 radical (unpaired) electrons. The minimum Gasteiger partial charge on any atom is -0.406 e. The first kappa shape index (κ1) is 19.0. The Morgan fingerprint density at radius 1 is 1.20 bits per heavy atom. The van der Waals surface area contributed by atoms with Crippen molar-refractivity contribution in [2.24, 2.45) is 0 Å². The smallest absolute Gasteiger partial charge is 0.406 e. The third-order valence-electron chi connectivity index (χ3n) is 3.82. The van der Waals surface area contributed by atoms with Gasteiger partial charge in [0.1, 0.15) is 5.75 Å². The van der Waals surface area contributed by atoms with E-state index in [4.69, 9.17) is 11.6 Å². The second-order valence-corrected chi connectivity index (χ2v) is 8.26. The van der Waals surface area contributed by atoms with Gasteiger partial charge in [-0.2, -0.15) is 0 Å². The first-order valence-corrected chi connectivity index (χ1v) is 9.57. The minimum absolute atomic E-state index is 0.173. The van der Waals surface area contributed by atoms with E-state index in [1.807, 2.05) is 18.2 Å². The molecule has 1 atom stereocenters. The molecule has 0 aliphatic carbocycles. The molecule has 1 aromatic carbocycles. The van der Waals surface area contributed by atoms with Crippen molar-refractivity contribution in [2.75, 3.05) is 26.2 Å². The second kappa shape index (κ2) is 7.84. The average Bonchev–Trinajstić information content (AvgIpc) is 2.92. The Morgan fingerprint density at radius 2 is 1.92 bits per heavy atom. The van der Waals surface area contributed by atoms with Gasteiger partial charge in [0.05, 0.1) is 10.4 Å². The van der Waals surface area contributed by atoms with E-state index < -0.39 is 6.36 Å². The van der Waals surface area contributed by atoms with Gasteiger partial charge in [-0.1, -0.05) is 27.5 Å². The Hall–Kier alpha value is -0.800. The number of alkyl halides is 3.